The molecule has 3 N–H and O–H groups in total. The minimum atomic E-state index is -0.785. The lowest BCUT2D eigenvalue weighted by Gasteiger charge is -2.23. The van der Waals surface area contributed by atoms with E-state index < -0.39 is 23.0 Å². The predicted molar refractivity (Wildman–Crippen MR) is 129 cm³/mol. The lowest BCUT2D eigenvalue weighted by atomic mass is 10.1. The van der Waals surface area contributed by atoms with Gasteiger partial charge in [-0.15, -0.1) is 0 Å². The molecule has 0 aliphatic carbocycles. The highest BCUT2D eigenvalue weighted by atomic mass is 35.5. The number of nitrogens with one attached hydrogen (secondary N) is 1. The van der Waals surface area contributed by atoms with Crippen molar-refractivity contribution >= 4 is 35.1 Å². The molecule has 0 fully saturated rings. The van der Waals surface area contributed by atoms with E-state index in [1.165, 1.54) is 28.8 Å². The largest absolute Gasteiger partial charge is 0.383 e. The number of aromatic nitrogens is 2. The predicted octanol–water partition coefficient (Wildman–Crippen LogP) is 3.96. The van der Waals surface area contributed by atoms with Crippen molar-refractivity contribution in [1.82, 2.24) is 9.55 Å². The Labute approximate surface area is 194 Å². The van der Waals surface area contributed by atoms with Crippen LogP contribution in [0, 0.1) is 5.82 Å². The number of anilines is 2. The van der Waals surface area contributed by atoms with E-state index in [0.29, 0.717) is 13.0 Å². The average Bonchev–Trinajstić information content (AvgIpc) is 2.78. The van der Waals surface area contributed by atoms with E-state index in [1.807, 2.05) is 13.0 Å². The Bertz CT molecular complexity index is 1260. The van der Waals surface area contributed by atoms with Crippen LogP contribution in [0.25, 0.3) is 6.08 Å². The van der Waals surface area contributed by atoms with Gasteiger partial charge >= 0.3 is 5.69 Å². The quantitative estimate of drug-likeness (QED) is 0.486. The zero-order valence-corrected chi connectivity index (χ0v) is 18.8. The summed E-state index contributed by atoms with van der Waals surface area (Å²) in [5.74, 6) is -1.33. The van der Waals surface area contributed by atoms with Gasteiger partial charge in [0.25, 0.3) is 11.5 Å². The number of H-pyrrole nitrogens is 1. The normalized spacial score (nSPS) is 11.1. The SMILES string of the molecule is CCCCn1c(N)c(N(Cc2ccccc2)C(=O)/C=C/c2c(F)cccc2Cl)c(=O)[nH]c1=O. The summed E-state index contributed by atoms with van der Waals surface area (Å²) in [6.45, 7) is 2.25. The molecule has 33 heavy (non-hydrogen) atoms. The van der Waals surface area contributed by atoms with Gasteiger partial charge in [0.15, 0.2) is 5.69 Å². The second kappa shape index (κ2) is 10.8. The van der Waals surface area contributed by atoms with Crippen molar-refractivity contribution in [3.8, 4) is 0 Å². The summed E-state index contributed by atoms with van der Waals surface area (Å²) in [5.41, 5.74) is 5.41. The van der Waals surface area contributed by atoms with Crippen LogP contribution in [0.1, 0.15) is 30.9 Å². The molecular weight excluding hydrogens is 447 g/mol. The fourth-order valence-corrected chi connectivity index (χ4v) is 3.55. The number of amides is 1. The van der Waals surface area contributed by atoms with Gasteiger partial charge in [0.2, 0.25) is 0 Å². The van der Waals surface area contributed by atoms with Crippen molar-refractivity contribution < 1.29 is 9.18 Å². The second-order valence-electron chi connectivity index (χ2n) is 7.38. The van der Waals surface area contributed by atoms with Gasteiger partial charge in [0, 0.05) is 18.2 Å². The highest BCUT2D eigenvalue weighted by Gasteiger charge is 2.23. The molecule has 0 saturated carbocycles. The van der Waals surface area contributed by atoms with Crippen LogP contribution in [0.4, 0.5) is 15.9 Å². The summed E-state index contributed by atoms with van der Waals surface area (Å²) in [7, 11) is 0. The molecule has 0 atom stereocenters. The maximum absolute atomic E-state index is 14.1. The van der Waals surface area contributed by atoms with Crippen LogP contribution in [-0.2, 0) is 17.9 Å². The molecule has 0 spiro atoms. The molecule has 0 aliphatic heterocycles. The van der Waals surface area contributed by atoms with Crippen LogP contribution >= 0.6 is 11.6 Å². The number of hydrogen-bond acceptors (Lipinski definition) is 4. The van der Waals surface area contributed by atoms with Crippen LogP contribution in [0.2, 0.25) is 5.02 Å². The number of aromatic amines is 1. The van der Waals surface area contributed by atoms with Crippen molar-refractivity contribution in [2.45, 2.75) is 32.9 Å². The molecule has 2 aromatic carbocycles. The van der Waals surface area contributed by atoms with Crippen molar-refractivity contribution in [2.24, 2.45) is 0 Å². The van der Waals surface area contributed by atoms with E-state index in [0.717, 1.165) is 23.0 Å². The minimum Gasteiger partial charge on any atom is -0.383 e. The Kier molecular flexibility index (Phi) is 7.84. The standard InChI is InChI=1S/C24H24ClFN4O3/c1-2-3-14-29-22(27)21(23(32)28-24(29)33)30(15-16-8-5-4-6-9-16)20(31)13-12-17-18(25)10-7-11-19(17)26/h4-13H,2-3,14-15,27H2,1H3,(H,28,32,33)/b13-12+. The molecule has 0 radical (unpaired) electrons. The van der Waals surface area contributed by atoms with Crippen LogP contribution in [0.5, 0.6) is 0 Å². The van der Waals surface area contributed by atoms with Gasteiger partial charge in [0.1, 0.15) is 11.6 Å². The van der Waals surface area contributed by atoms with E-state index in [9.17, 15) is 18.8 Å². The lowest BCUT2D eigenvalue weighted by molar-refractivity contribution is -0.114. The van der Waals surface area contributed by atoms with Crippen molar-refractivity contribution in [2.75, 3.05) is 10.6 Å². The first-order valence-corrected chi connectivity index (χ1v) is 10.8. The monoisotopic (exact) mass is 470 g/mol. The van der Waals surface area contributed by atoms with Crippen molar-refractivity contribution in [1.29, 1.82) is 0 Å². The van der Waals surface area contributed by atoms with E-state index in [2.05, 4.69) is 4.98 Å². The maximum atomic E-state index is 14.1. The smallest absolute Gasteiger partial charge is 0.330 e. The third kappa shape index (κ3) is 5.59. The summed E-state index contributed by atoms with van der Waals surface area (Å²) in [6, 6.07) is 13.2. The first-order valence-electron chi connectivity index (χ1n) is 10.4. The number of nitrogens with two attached hydrogens (primary N) is 1. The van der Waals surface area contributed by atoms with Gasteiger partial charge in [-0.1, -0.05) is 61.3 Å². The number of unbranched alkanes of at least 4 members (excludes halogenated alkanes) is 1. The van der Waals surface area contributed by atoms with Crippen molar-refractivity contribution in [3.63, 3.8) is 0 Å². The Balaban J connectivity index is 2.09. The van der Waals surface area contributed by atoms with Gasteiger partial charge in [-0.3, -0.25) is 24.0 Å². The number of hydrogen-bond donors (Lipinski definition) is 2. The van der Waals surface area contributed by atoms with Crippen molar-refractivity contribution in [3.05, 3.63) is 97.4 Å². The molecule has 1 heterocycles. The molecule has 9 heteroatoms. The van der Waals surface area contributed by atoms with Gasteiger partial charge in [-0.2, -0.15) is 0 Å². The van der Waals surface area contributed by atoms with E-state index in [-0.39, 0.29) is 28.6 Å². The summed E-state index contributed by atoms with van der Waals surface area (Å²) < 4.78 is 15.4. The summed E-state index contributed by atoms with van der Waals surface area (Å²) in [4.78, 5) is 41.7. The topological polar surface area (TPSA) is 101 Å². The molecule has 1 aromatic heterocycles. The van der Waals surface area contributed by atoms with Gasteiger partial charge in [-0.25, -0.2) is 9.18 Å². The fraction of sp³-hybridized carbons (Fsp3) is 0.208. The maximum Gasteiger partial charge on any atom is 0.330 e. The zero-order chi connectivity index (χ0) is 24.0. The number of halogens is 2. The lowest BCUT2D eigenvalue weighted by Crippen LogP contribution is -2.40. The number of benzene rings is 2. The highest BCUT2D eigenvalue weighted by molar-refractivity contribution is 6.32. The average molecular weight is 471 g/mol. The van der Waals surface area contributed by atoms with Gasteiger partial charge in [0.05, 0.1) is 11.6 Å². The summed E-state index contributed by atoms with van der Waals surface area (Å²) in [6.07, 6.45) is 3.83. The molecule has 0 bridgehead atoms. The fourth-order valence-electron chi connectivity index (χ4n) is 3.32. The molecule has 3 rings (SSSR count). The molecule has 3 aromatic rings. The van der Waals surface area contributed by atoms with Crippen LogP contribution in [-0.4, -0.2) is 15.5 Å². The van der Waals surface area contributed by atoms with Gasteiger partial charge < -0.3 is 5.73 Å². The minimum absolute atomic E-state index is 0.00821. The molecular formula is C24H24ClFN4O3. The molecule has 0 aliphatic rings. The molecule has 0 unspecified atom stereocenters. The number of carbonyl (C=O) groups excluding carboxylic acids is 1. The van der Waals surface area contributed by atoms with E-state index in [4.69, 9.17) is 17.3 Å². The van der Waals surface area contributed by atoms with Crippen LogP contribution in [0.3, 0.4) is 0 Å². The van der Waals surface area contributed by atoms with E-state index >= 15 is 0 Å². The first kappa shape index (κ1) is 24.0. The second-order valence-corrected chi connectivity index (χ2v) is 7.78. The molecule has 1 amide bonds. The molecule has 172 valence electrons. The number of rotatable bonds is 8. The number of carbonyl (C=O) groups is 1. The zero-order valence-electron chi connectivity index (χ0n) is 18.1. The van der Waals surface area contributed by atoms with Crippen LogP contribution < -0.4 is 21.9 Å². The van der Waals surface area contributed by atoms with Crippen LogP contribution in [0.15, 0.2) is 64.2 Å². The van der Waals surface area contributed by atoms with Gasteiger partial charge in [-0.05, 0) is 30.2 Å². The third-order valence-electron chi connectivity index (χ3n) is 5.06. The molecule has 7 nitrogen and oxygen atoms in total. The van der Waals surface area contributed by atoms with E-state index in [1.54, 1.807) is 24.3 Å². The Morgan fingerprint density at radius 2 is 1.91 bits per heavy atom. The Hall–Kier alpha value is -3.65. The number of nitrogen functional groups attached to an aromatic ring is 1. The Morgan fingerprint density at radius 1 is 1.18 bits per heavy atom. The third-order valence-corrected chi connectivity index (χ3v) is 5.39. The summed E-state index contributed by atoms with van der Waals surface area (Å²) in [5, 5.41) is 0.138. The highest BCUT2D eigenvalue weighted by Crippen LogP contribution is 2.23. The first-order chi connectivity index (χ1) is 15.8. The number of nitrogens with zero attached hydrogens (tertiary/aromatic N) is 2. The summed E-state index contributed by atoms with van der Waals surface area (Å²) >= 11 is 6.05. The Morgan fingerprint density at radius 3 is 2.58 bits per heavy atom. The molecule has 0 saturated heterocycles.